The van der Waals surface area contributed by atoms with E-state index in [0.29, 0.717) is 10.0 Å². The standard InChI is InChI=1S/C6H5BrClNO2S/c7-6-1-2-9-3-5(6)4-12(8,10)11/h1-3H,4H2. The number of hydrogen-bond donors (Lipinski definition) is 0. The fourth-order valence-electron chi connectivity index (χ4n) is 0.702. The maximum Gasteiger partial charge on any atom is 0.236 e. The van der Waals surface area contributed by atoms with Crippen LogP contribution in [0.1, 0.15) is 5.56 Å². The number of aromatic nitrogens is 1. The molecule has 66 valence electrons. The summed E-state index contributed by atoms with van der Waals surface area (Å²) in [5.41, 5.74) is 0.563. The normalized spacial score (nSPS) is 11.5. The van der Waals surface area contributed by atoms with Crippen LogP contribution in [0.4, 0.5) is 0 Å². The topological polar surface area (TPSA) is 47.0 Å². The molecule has 0 bridgehead atoms. The van der Waals surface area contributed by atoms with Gasteiger partial charge in [0.15, 0.2) is 0 Å². The molecule has 1 aromatic heterocycles. The van der Waals surface area contributed by atoms with Crippen molar-refractivity contribution >= 4 is 35.7 Å². The van der Waals surface area contributed by atoms with Gasteiger partial charge in [-0.15, -0.1) is 0 Å². The minimum Gasteiger partial charge on any atom is -0.264 e. The summed E-state index contributed by atoms with van der Waals surface area (Å²) in [6.45, 7) is 0. The van der Waals surface area contributed by atoms with Gasteiger partial charge >= 0.3 is 0 Å². The second kappa shape index (κ2) is 3.72. The van der Waals surface area contributed by atoms with E-state index in [4.69, 9.17) is 10.7 Å². The van der Waals surface area contributed by atoms with Gasteiger partial charge in [-0.25, -0.2) is 8.42 Å². The Labute approximate surface area is 83.3 Å². The molecule has 1 heterocycles. The van der Waals surface area contributed by atoms with E-state index in [9.17, 15) is 8.42 Å². The highest BCUT2D eigenvalue weighted by atomic mass is 79.9. The zero-order chi connectivity index (χ0) is 9.19. The molecule has 0 aliphatic carbocycles. The third kappa shape index (κ3) is 3.08. The molecule has 0 saturated carbocycles. The highest BCUT2D eigenvalue weighted by Crippen LogP contribution is 2.18. The molecule has 0 aromatic carbocycles. The molecule has 0 atom stereocenters. The average Bonchev–Trinajstić information content (AvgIpc) is 1.91. The number of nitrogens with zero attached hydrogens (tertiary/aromatic N) is 1. The molecule has 0 aliphatic rings. The predicted molar refractivity (Wildman–Crippen MR) is 50.4 cm³/mol. The van der Waals surface area contributed by atoms with Gasteiger partial charge in [0.1, 0.15) is 0 Å². The van der Waals surface area contributed by atoms with Gasteiger partial charge in [0.05, 0.1) is 5.75 Å². The van der Waals surface area contributed by atoms with Gasteiger partial charge < -0.3 is 0 Å². The summed E-state index contributed by atoms with van der Waals surface area (Å²) < 4.78 is 22.0. The van der Waals surface area contributed by atoms with Gasteiger partial charge in [0.25, 0.3) is 0 Å². The van der Waals surface area contributed by atoms with Gasteiger partial charge in [-0.05, 0) is 6.07 Å². The van der Waals surface area contributed by atoms with E-state index < -0.39 is 9.05 Å². The number of rotatable bonds is 2. The van der Waals surface area contributed by atoms with Crippen molar-refractivity contribution in [3.05, 3.63) is 28.5 Å². The third-order valence-electron chi connectivity index (χ3n) is 1.17. The number of halogens is 2. The molecular formula is C6H5BrClNO2S. The maximum atomic E-state index is 10.7. The van der Waals surface area contributed by atoms with Crippen LogP contribution in [0.5, 0.6) is 0 Å². The Balaban J connectivity index is 2.98. The van der Waals surface area contributed by atoms with Crippen LogP contribution in [0.15, 0.2) is 22.9 Å². The van der Waals surface area contributed by atoms with Crippen molar-refractivity contribution in [3.8, 4) is 0 Å². The summed E-state index contributed by atoms with van der Waals surface area (Å²) >= 11 is 3.19. The molecule has 0 unspecified atom stereocenters. The summed E-state index contributed by atoms with van der Waals surface area (Å²) in [5, 5.41) is 0. The van der Waals surface area contributed by atoms with Crippen LogP contribution in [0, 0.1) is 0 Å². The Bertz CT molecular complexity index is 379. The van der Waals surface area contributed by atoms with Gasteiger partial charge in [0.2, 0.25) is 9.05 Å². The zero-order valence-electron chi connectivity index (χ0n) is 5.87. The van der Waals surface area contributed by atoms with E-state index >= 15 is 0 Å². The van der Waals surface area contributed by atoms with Crippen LogP contribution in [0.2, 0.25) is 0 Å². The zero-order valence-corrected chi connectivity index (χ0v) is 9.03. The minimum atomic E-state index is -3.50. The van der Waals surface area contributed by atoms with Crippen LogP contribution in [-0.4, -0.2) is 13.4 Å². The molecule has 0 N–H and O–H groups in total. The Morgan fingerprint density at radius 1 is 1.58 bits per heavy atom. The first-order valence-corrected chi connectivity index (χ1v) is 6.27. The molecule has 1 rings (SSSR count). The lowest BCUT2D eigenvalue weighted by molar-refractivity contribution is 0.608. The molecule has 0 spiro atoms. The van der Waals surface area contributed by atoms with Crippen LogP contribution in [0.25, 0.3) is 0 Å². The largest absolute Gasteiger partial charge is 0.264 e. The first-order valence-electron chi connectivity index (χ1n) is 3.00. The highest BCUT2D eigenvalue weighted by Gasteiger charge is 2.09. The third-order valence-corrected chi connectivity index (χ3v) is 2.93. The second-order valence-corrected chi connectivity index (χ2v) is 5.78. The average molecular weight is 271 g/mol. The maximum absolute atomic E-state index is 10.7. The van der Waals surface area contributed by atoms with Crippen molar-refractivity contribution < 1.29 is 8.42 Å². The second-order valence-electron chi connectivity index (χ2n) is 2.15. The first-order chi connectivity index (χ1) is 5.49. The van der Waals surface area contributed by atoms with Crippen LogP contribution in [-0.2, 0) is 14.8 Å². The van der Waals surface area contributed by atoms with E-state index in [-0.39, 0.29) is 5.75 Å². The van der Waals surface area contributed by atoms with E-state index in [1.165, 1.54) is 6.20 Å². The van der Waals surface area contributed by atoms with Gasteiger partial charge in [-0.3, -0.25) is 4.98 Å². The molecule has 3 nitrogen and oxygen atoms in total. The first kappa shape index (κ1) is 9.95. The predicted octanol–water partition coefficient (Wildman–Crippen LogP) is 1.91. The van der Waals surface area contributed by atoms with Crippen molar-refractivity contribution in [3.63, 3.8) is 0 Å². The SMILES string of the molecule is O=S(=O)(Cl)Cc1cnccc1Br. The summed E-state index contributed by atoms with van der Waals surface area (Å²) in [7, 11) is 1.57. The monoisotopic (exact) mass is 269 g/mol. The van der Waals surface area contributed by atoms with Crippen molar-refractivity contribution in [2.45, 2.75) is 5.75 Å². The van der Waals surface area contributed by atoms with Crippen LogP contribution >= 0.6 is 26.6 Å². The van der Waals surface area contributed by atoms with Crippen molar-refractivity contribution in [1.82, 2.24) is 4.98 Å². The summed E-state index contributed by atoms with van der Waals surface area (Å²) in [6, 6.07) is 1.66. The fraction of sp³-hybridized carbons (Fsp3) is 0.167. The summed E-state index contributed by atoms with van der Waals surface area (Å²) in [6.07, 6.45) is 3.03. The minimum absolute atomic E-state index is 0.205. The summed E-state index contributed by atoms with van der Waals surface area (Å²) in [5.74, 6) is -0.205. The van der Waals surface area contributed by atoms with Crippen molar-refractivity contribution in [2.75, 3.05) is 0 Å². The van der Waals surface area contributed by atoms with E-state index in [1.807, 2.05) is 0 Å². The molecule has 0 radical (unpaired) electrons. The molecule has 6 heteroatoms. The molecule has 12 heavy (non-hydrogen) atoms. The molecule has 0 fully saturated rings. The van der Waals surface area contributed by atoms with Gasteiger partial charge in [-0.1, -0.05) is 15.9 Å². The summed E-state index contributed by atoms with van der Waals surface area (Å²) in [4.78, 5) is 3.78. The number of hydrogen-bond acceptors (Lipinski definition) is 3. The lowest BCUT2D eigenvalue weighted by Gasteiger charge is -1.98. The highest BCUT2D eigenvalue weighted by molar-refractivity contribution is 9.10. The van der Waals surface area contributed by atoms with Crippen molar-refractivity contribution in [2.24, 2.45) is 0 Å². The Kier molecular flexibility index (Phi) is 3.09. The number of pyridine rings is 1. The lowest BCUT2D eigenvalue weighted by Crippen LogP contribution is -1.96. The van der Waals surface area contributed by atoms with Gasteiger partial charge in [0, 0.05) is 33.1 Å². The van der Waals surface area contributed by atoms with Crippen molar-refractivity contribution in [1.29, 1.82) is 0 Å². The van der Waals surface area contributed by atoms with Gasteiger partial charge in [-0.2, -0.15) is 0 Å². The van der Waals surface area contributed by atoms with Crippen LogP contribution in [0.3, 0.4) is 0 Å². The van der Waals surface area contributed by atoms with E-state index in [1.54, 1.807) is 12.3 Å². The molecular weight excluding hydrogens is 265 g/mol. The van der Waals surface area contributed by atoms with E-state index in [2.05, 4.69) is 20.9 Å². The fourth-order valence-corrected chi connectivity index (χ4v) is 2.20. The Morgan fingerprint density at radius 3 is 2.75 bits per heavy atom. The molecule has 0 aliphatic heterocycles. The van der Waals surface area contributed by atoms with Crippen LogP contribution < -0.4 is 0 Å². The molecule has 0 saturated heterocycles. The Morgan fingerprint density at radius 2 is 2.25 bits per heavy atom. The van der Waals surface area contributed by atoms with E-state index in [0.717, 1.165) is 0 Å². The Hall–Kier alpha value is -0.130. The smallest absolute Gasteiger partial charge is 0.236 e. The lowest BCUT2D eigenvalue weighted by atomic mass is 10.3. The quantitative estimate of drug-likeness (QED) is 0.771. The molecule has 0 amide bonds. The molecule has 1 aromatic rings.